The standard InChI is InChI=1S/C11H12FN3OS.ClH/c12-9-3-1-2-8(6-9)7-17-11-15-14-10(16-11)4-5-13;/h1-3,6H,4-5,7,13H2;1H. The normalized spacial score (nSPS) is 10.1. The van der Waals surface area contributed by atoms with Crippen LogP contribution in [0, 0.1) is 5.82 Å². The molecule has 0 atom stereocenters. The maximum atomic E-state index is 12.9. The van der Waals surface area contributed by atoms with E-state index in [1.807, 2.05) is 6.07 Å². The van der Waals surface area contributed by atoms with E-state index < -0.39 is 0 Å². The third-order valence-corrected chi connectivity index (χ3v) is 2.95. The highest BCUT2D eigenvalue weighted by atomic mass is 35.5. The van der Waals surface area contributed by atoms with Crippen LogP contribution in [0.15, 0.2) is 33.9 Å². The zero-order valence-corrected chi connectivity index (χ0v) is 11.1. The number of halogens is 2. The number of aromatic nitrogens is 2. The first-order chi connectivity index (χ1) is 8.28. The third-order valence-electron chi connectivity index (χ3n) is 2.06. The van der Waals surface area contributed by atoms with Crippen molar-refractivity contribution >= 4 is 24.2 Å². The van der Waals surface area contributed by atoms with Crippen molar-refractivity contribution in [1.29, 1.82) is 0 Å². The Labute approximate surface area is 115 Å². The minimum atomic E-state index is -0.238. The molecule has 0 saturated carbocycles. The Morgan fingerprint density at radius 3 is 2.89 bits per heavy atom. The van der Waals surface area contributed by atoms with E-state index in [1.54, 1.807) is 6.07 Å². The van der Waals surface area contributed by atoms with Gasteiger partial charge in [-0.05, 0) is 17.7 Å². The first kappa shape index (κ1) is 14.9. The van der Waals surface area contributed by atoms with Crippen LogP contribution in [-0.2, 0) is 12.2 Å². The summed E-state index contributed by atoms with van der Waals surface area (Å²) in [7, 11) is 0. The maximum Gasteiger partial charge on any atom is 0.276 e. The minimum absolute atomic E-state index is 0. The van der Waals surface area contributed by atoms with Gasteiger partial charge in [-0.2, -0.15) is 0 Å². The molecule has 0 fully saturated rings. The van der Waals surface area contributed by atoms with Gasteiger partial charge in [0.05, 0.1) is 0 Å². The van der Waals surface area contributed by atoms with Gasteiger partial charge in [0.1, 0.15) is 5.82 Å². The van der Waals surface area contributed by atoms with Crippen molar-refractivity contribution in [3.8, 4) is 0 Å². The van der Waals surface area contributed by atoms with E-state index in [1.165, 1.54) is 23.9 Å². The van der Waals surface area contributed by atoms with Crippen LogP contribution in [0.5, 0.6) is 0 Å². The SMILES string of the molecule is Cl.NCCc1nnc(SCc2cccc(F)c2)o1. The fourth-order valence-corrected chi connectivity index (χ4v) is 2.02. The average Bonchev–Trinajstić information content (AvgIpc) is 2.75. The van der Waals surface area contributed by atoms with Crippen LogP contribution in [0.1, 0.15) is 11.5 Å². The van der Waals surface area contributed by atoms with Gasteiger partial charge >= 0.3 is 0 Å². The summed E-state index contributed by atoms with van der Waals surface area (Å²) in [6.07, 6.45) is 0.577. The molecule has 7 heteroatoms. The van der Waals surface area contributed by atoms with Gasteiger partial charge in [-0.25, -0.2) is 4.39 Å². The van der Waals surface area contributed by atoms with Crippen LogP contribution in [0.4, 0.5) is 4.39 Å². The van der Waals surface area contributed by atoms with Gasteiger partial charge in [0.2, 0.25) is 5.89 Å². The van der Waals surface area contributed by atoms with Gasteiger partial charge in [0.25, 0.3) is 5.22 Å². The van der Waals surface area contributed by atoms with Gasteiger partial charge < -0.3 is 10.2 Å². The first-order valence-corrected chi connectivity index (χ1v) is 6.16. The van der Waals surface area contributed by atoms with Crippen molar-refractivity contribution in [2.75, 3.05) is 6.54 Å². The summed E-state index contributed by atoms with van der Waals surface area (Å²) in [5.74, 6) is 0.897. The highest BCUT2D eigenvalue weighted by Gasteiger charge is 2.06. The minimum Gasteiger partial charge on any atom is -0.416 e. The molecule has 0 spiro atoms. The quantitative estimate of drug-likeness (QED) is 0.857. The fraction of sp³-hybridized carbons (Fsp3) is 0.273. The molecule has 2 aromatic rings. The number of hydrogen-bond donors (Lipinski definition) is 1. The summed E-state index contributed by atoms with van der Waals surface area (Å²) < 4.78 is 18.3. The van der Waals surface area contributed by atoms with Crippen molar-refractivity contribution < 1.29 is 8.81 Å². The van der Waals surface area contributed by atoms with Crippen molar-refractivity contribution in [2.24, 2.45) is 5.73 Å². The molecule has 0 bridgehead atoms. The molecule has 0 amide bonds. The van der Waals surface area contributed by atoms with E-state index in [0.29, 0.717) is 29.8 Å². The smallest absolute Gasteiger partial charge is 0.276 e. The van der Waals surface area contributed by atoms with Crippen molar-refractivity contribution in [3.05, 3.63) is 41.5 Å². The molecule has 1 heterocycles. The molecule has 2 rings (SSSR count). The van der Waals surface area contributed by atoms with Gasteiger partial charge in [-0.1, -0.05) is 23.9 Å². The summed E-state index contributed by atoms with van der Waals surface area (Å²) in [5.41, 5.74) is 6.26. The van der Waals surface area contributed by atoms with E-state index in [2.05, 4.69) is 10.2 Å². The van der Waals surface area contributed by atoms with E-state index >= 15 is 0 Å². The van der Waals surface area contributed by atoms with E-state index in [0.717, 1.165) is 5.56 Å². The largest absolute Gasteiger partial charge is 0.416 e. The second-order valence-corrected chi connectivity index (χ2v) is 4.35. The molecule has 18 heavy (non-hydrogen) atoms. The predicted molar refractivity (Wildman–Crippen MR) is 70.3 cm³/mol. The molecule has 0 aliphatic heterocycles. The molecule has 2 N–H and O–H groups in total. The Morgan fingerprint density at radius 2 is 2.17 bits per heavy atom. The summed E-state index contributed by atoms with van der Waals surface area (Å²) in [6.45, 7) is 0.482. The molecule has 98 valence electrons. The Morgan fingerprint density at radius 1 is 1.33 bits per heavy atom. The number of nitrogens with two attached hydrogens (primary N) is 1. The van der Waals surface area contributed by atoms with Crippen LogP contribution < -0.4 is 5.73 Å². The van der Waals surface area contributed by atoms with Gasteiger partial charge in [-0.15, -0.1) is 22.6 Å². The van der Waals surface area contributed by atoms with Crippen molar-refractivity contribution in [2.45, 2.75) is 17.4 Å². The highest BCUT2D eigenvalue weighted by molar-refractivity contribution is 7.98. The highest BCUT2D eigenvalue weighted by Crippen LogP contribution is 2.21. The molecular formula is C11H13ClFN3OS. The van der Waals surface area contributed by atoms with Gasteiger partial charge in [0, 0.05) is 18.7 Å². The lowest BCUT2D eigenvalue weighted by Crippen LogP contribution is -2.02. The molecular weight excluding hydrogens is 277 g/mol. The summed E-state index contributed by atoms with van der Waals surface area (Å²) in [5, 5.41) is 8.20. The lowest BCUT2D eigenvalue weighted by atomic mass is 10.2. The Bertz CT molecular complexity index is 495. The molecule has 0 unspecified atom stereocenters. The topological polar surface area (TPSA) is 64.9 Å². The van der Waals surface area contributed by atoms with Gasteiger partial charge in [0.15, 0.2) is 0 Å². The number of rotatable bonds is 5. The molecule has 0 aliphatic rings. The third kappa shape index (κ3) is 4.29. The zero-order chi connectivity index (χ0) is 12.1. The number of thioether (sulfide) groups is 1. The molecule has 0 aliphatic carbocycles. The van der Waals surface area contributed by atoms with Crippen molar-refractivity contribution in [1.82, 2.24) is 10.2 Å². The Balaban J connectivity index is 0.00000162. The molecule has 1 aromatic carbocycles. The van der Waals surface area contributed by atoms with Crippen LogP contribution in [-0.4, -0.2) is 16.7 Å². The molecule has 1 aromatic heterocycles. The first-order valence-electron chi connectivity index (χ1n) is 5.17. The van der Waals surface area contributed by atoms with Crippen LogP contribution >= 0.6 is 24.2 Å². The van der Waals surface area contributed by atoms with Crippen molar-refractivity contribution in [3.63, 3.8) is 0 Å². The molecule has 4 nitrogen and oxygen atoms in total. The van der Waals surface area contributed by atoms with Gasteiger partial charge in [-0.3, -0.25) is 0 Å². The lowest BCUT2D eigenvalue weighted by molar-refractivity contribution is 0.414. The fourth-order valence-electron chi connectivity index (χ4n) is 1.29. The van der Waals surface area contributed by atoms with Crippen LogP contribution in [0.3, 0.4) is 0 Å². The van der Waals surface area contributed by atoms with Crippen LogP contribution in [0.2, 0.25) is 0 Å². The Kier molecular flexibility index (Phi) is 6.11. The zero-order valence-electron chi connectivity index (χ0n) is 9.51. The Hall–Kier alpha value is -1.11. The molecule has 0 saturated heterocycles. The van der Waals surface area contributed by atoms with Crippen LogP contribution in [0.25, 0.3) is 0 Å². The molecule has 0 radical (unpaired) electrons. The second kappa shape index (κ2) is 7.35. The predicted octanol–water partition coefficient (Wildman–Crippen LogP) is 2.42. The average molecular weight is 290 g/mol. The van der Waals surface area contributed by atoms with E-state index in [4.69, 9.17) is 10.2 Å². The number of nitrogens with zero attached hydrogens (tertiary/aromatic N) is 2. The second-order valence-electron chi connectivity index (χ2n) is 3.42. The van der Waals surface area contributed by atoms with E-state index in [9.17, 15) is 4.39 Å². The maximum absolute atomic E-state index is 12.9. The monoisotopic (exact) mass is 289 g/mol. The van der Waals surface area contributed by atoms with E-state index in [-0.39, 0.29) is 18.2 Å². The summed E-state index contributed by atoms with van der Waals surface area (Å²) >= 11 is 1.38. The number of hydrogen-bond acceptors (Lipinski definition) is 5. The summed E-state index contributed by atoms with van der Waals surface area (Å²) in [4.78, 5) is 0. The number of benzene rings is 1. The lowest BCUT2D eigenvalue weighted by Gasteiger charge is -1.97. The summed E-state index contributed by atoms with van der Waals surface area (Å²) in [6, 6.07) is 6.44.